The second-order valence-corrected chi connectivity index (χ2v) is 7.31. The van der Waals surface area contributed by atoms with Crippen LogP contribution in [0.15, 0.2) is 67.0 Å². The molecule has 2 bridgehead atoms. The minimum absolute atomic E-state index is 0.0214. The molecule has 4 heterocycles. The number of hydrogen-bond donors (Lipinski definition) is 1. The van der Waals surface area contributed by atoms with Crippen LogP contribution in [0.3, 0.4) is 0 Å². The Balaban J connectivity index is 1.39. The van der Waals surface area contributed by atoms with E-state index in [0.29, 0.717) is 13.1 Å². The quantitative estimate of drug-likeness (QED) is 0.846. The number of para-hydroxylation sites is 1. The molecule has 3 aliphatic rings. The normalized spacial score (nSPS) is 30.6. The SMILES string of the molecule is O=C(Nc1ccccc1)[C@@H]1[C@H]2C=C[C@@]3(CN(Cc4ccncc4)C(=O)[C@@H]13)O2. The summed E-state index contributed by atoms with van der Waals surface area (Å²) in [4.78, 5) is 31.9. The Morgan fingerprint density at radius 2 is 2.00 bits per heavy atom. The number of pyridine rings is 1. The van der Waals surface area contributed by atoms with Crippen molar-refractivity contribution in [3.63, 3.8) is 0 Å². The van der Waals surface area contributed by atoms with E-state index >= 15 is 0 Å². The van der Waals surface area contributed by atoms with Crippen molar-refractivity contribution in [2.75, 3.05) is 11.9 Å². The number of carbonyl (C=O) groups excluding carboxylic acids is 2. The zero-order valence-corrected chi connectivity index (χ0v) is 14.6. The first-order chi connectivity index (χ1) is 13.2. The number of fused-ring (bicyclic) bond motifs is 1. The number of carbonyl (C=O) groups is 2. The number of benzene rings is 1. The van der Waals surface area contributed by atoms with Gasteiger partial charge < -0.3 is 15.0 Å². The molecule has 0 radical (unpaired) electrons. The molecule has 0 aliphatic carbocycles. The predicted octanol–water partition coefficient (Wildman–Crippen LogP) is 2.00. The molecule has 1 spiro atoms. The Kier molecular flexibility index (Phi) is 3.62. The second kappa shape index (κ2) is 6.03. The molecule has 0 saturated carbocycles. The van der Waals surface area contributed by atoms with Gasteiger partial charge in [0.05, 0.1) is 24.5 Å². The molecule has 6 nitrogen and oxygen atoms in total. The van der Waals surface area contributed by atoms with E-state index in [9.17, 15) is 9.59 Å². The monoisotopic (exact) mass is 361 g/mol. The van der Waals surface area contributed by atoms with Crippen LogP contribution in [0.2, 0.25) is 0 Å². The van der Waals surface area contributed by atoms with Crippen molar-refractivity contribution in [3.05, 3.63) is 72.6 Å². The lowest BCUT2D eigenvalue weighted by Gasteiger charge is -2.23. The molecule has 1 aromatic heterocycles. The summed E-state index contributed by atoms with van der Waals surface area (Å²) in [6.45, 7) is 0.968. The van der Waals surface area contributed by atoms with E-state index in [4.69, 9.17) is 4.74 Å². The summed E-state index contributed by atoms with van der Waals surface area (Å²) in [5.41, 5.74) is 1.05. The van der Waals surface area contributed by atoms with Crippen molar-refractivity contribution in [1.29, 1.82) is 0 Å². The van der Waals surface area contributed by atoms with Gasteiger partial charge in [-0.1, -0.05) is 30.4 Å². The standard InChI is InChI=1S/C21H19N3O3/c25-19(23-15-4-2-1-3-5-15)17-16-6-9-21(27-16)13-24(20(26)18(17)21)12-14-7-10-22-11-8-14/h1-11,16-18H,12-13H2,(H,23,25)/t16-,17-,18-,21+/m1/s1. The average molecular weight is 361 g/mol. The molecule has 27 heavy (non-hydrogen) atoms. The molecule has 2 saturated heterocycles. The Labute approximate surface area is 156 Å². The van der Waals surface area contributed by atoms with Gasteiger partial charge in [-0.15, -0.1) is 0 Å². The van der Waals surface area contributed by atoms with E-state index < -0.39 is 17.4 Å². The third kappa shape index (κ3) is 2.56. The van der Waals surface area contributed by atoms with Crippen molar-refractivity contribution in [2.24, 2.45) is 11.8 Å². The highest BCUT2D eigenvalue weighted by molar-refractivity contribution is 5.99. The maximum atomic E-state index is 13.2. The Bertz CT molecular complexity index is 915. The smallest absolute Gasteiger partial charge is 0.231 e. The van der Waals surface area contributed by atoms with Gasteiger partial charge >= 0.3 is 0 Å². The first kappa shape index (κ1) is 16.2. The maximum absolute atomic E-state index is 13.2. The predicted molar refractivity (Wildman–Crippen MR) is 98.4 cm³/mol. The molecule has 5 rings (SSSR count). The summed E-state index contributed by atoms with van der Waals surface area (Å²) in [7, 11) is 0. The van der Waals surface area contributed by atoms with Crippen LogP contribution in [-0.2, 0) is 20.9 Å². The van der Waals surface area contributed by atoms with Crippen molar-refractivity contribution in [2.45, 2.75) is 18.2 Å². The van der Waals surface area contributed by atoms with E-state index in [1.807, 2.05) is 54.6 Å². The zero-order chi connectivity index (χ0) is 18.4. The molecule has 4 atom stereocenters. The highest BCUT2D eigenvalue weighted by Gasteiger charge is 2.66. The van der Waals surface area contributed by atoms with Crippen LogP contribution in [0.25, 0.3) is 0 Å². The molecule has 1 N–H and O–H groups in total. The fourth-order valence-electron chi connectivity index (χ4n) is 4.47. The zero-order valence-electron chi connectivity index (χ0n) is 14.6. The van der Waals surface area contributed by atoms with Crippen LogP contribution >= 0.6 is 0 Å². The van der Waals surface area contributed by atoms with Gasteiger partial charge in [-0.3, -0.25) is 14.6 Å². The number of likely N-dealkylation sites (tertiary alicyclic amines) is 1. The Morgan fingerprint density at radius 3 is 2.78 bits per heavy atom. The molecule has 0 unspecified atom stereocenters. The minimum atomic E-state index is -0.687. The number of amides is 2. The number of nitrogens with zero attached hydrogens (tertiary/aromatic N) is 2. The van der Waals surface area contributed by atoms with Crippen molar-refractivity contribution >= 4 is 17.5 Å². The Morgan fingerprint density at radius 1 is 1.22 bits per heavy atom. The third-order valence-corrected chi connectivity index (χ3v) is 5.65. The number of hydrogen-bond acceptors (Lipinski definition) is 4. The van der Waals surface area contributed by atoms with Gasteiger partial charge in [0, 0.05) is 24.6 Å². The highest BCUT2D eigenvalue weighted by Crippen LogP contribution is 2.52. The maximum Gasteiger partial charge on any atom is 0.231 e. The van der Waals surface area contributed by atoms with Gasteiger partial charge in [0.1, 0.15) is 5.60 Å². The fourth-order valence-corrected chi connectivity index (χ4v) is 4.47. The minimum Gasteiger partial charge on any atom is -0.360 e. The van der Waals surface area contributed by atoms with E-state index in [-0.39, 0.29) is 17.9 Å². The van der Waals surface area contributed by atoms with Gasteiger partial charge in [0.25, 0.3) is 0 Å². The van der Waals surface area contributed by atoms with Gasteiger partial charge in [0.2, 0.25) is 11.8 Å². The van der Waals surface area contributed by atoms with Crippen molar-refractivity contribution in [3.8, 4) is 0 Å². The van der Waals surface area contributed by atoms with E-state index in [1.165, 1.54) is 0 Å². The summed E-state index contributed by atoms with van der Waals surface area (Å²) in [5.74, 6) is -1.17. The van der Waals surface area contributed by atoms with Crippen molar-refractivity contribution in [1.82, 2.24) is 9.88 Å². The molecule has 2 aromatic rings. The summed E-state index contributed by atoms with van der Waals surface area (Å²) < 4.78 is 6.15. The molecule has 2 amide bonds. The number of rotatable bonds is 4. The average Bonchev–Trinajstić information content (AvgIpc) is 3.32. The molecule has 6 heteroatoms. The molecule has 136 valence electrons. The summed E-state index contributed by atoms with van der Waals surface area (Å²) in [5, 5.41) is 2.93. The molecular formula is C21H19N3O3. The van der Waals surface area contributed by atoms with Gasteiger partial charge in [-0.2, -0.15) is 0 Å². The summed E-state index contributed by atoms with van der Waals surface area (Å²) in [6, 6.07) is 13.1. The fraction of sp³-hybridized carbons (Fsp3) is 0.286. The Hall–Kier alpha value is -2.99. The molecule has 3 aliphatic heterocycles. The van der Waals surface area contributed by atoms with Gasteiger partial charge in [0.15, 0.2) is 0 Å². The summed E-state index contributed by atoms with van der Waals surface area (Å²) >= 11 is 0. The van der Waals surface area contributed by atoms with Crippen LogP contribution in [0.4, 0.5) is 5.69 Å². The molecular weight excluding hydrogens is 342 g/mol. The van der Waals surface area contributed by atoms with E-state index in [2.05, 4.69) is 10.3 Å². The van der Waals surface area contributed by atoms with Crippen LogP contribution < -0.4 is 5.32 Å². The first-order valence-corrected chi connectivity index (χ1v) is 9.07. The largest absolute Gasteiger partial charge is 0.360 e. The van der Waals surface area contributed by atoms with E-state index in [1.54, 1.807) is 17.3 Å². The van der Waals surface area contributed by atoms with Gasteiger partial charge in [-0.05, 0) is 29.8 Å². The lowest BCUT2D eigenvalue weighted by Crippen LogP contribution is -2.41. The summed E-state index contributed by atoms with van der Waals surface area (Å²) in [6.07, 6.45) is 6.99. The highest BCUT2D eigenvalue weighted by atomic mass is 16.5. The second-order valence-electron chi connectivity index (χ2n) is 7.31. The number of aromatic nitrogens is 1. The van der Waals surface area contributed by atoms with Crippen LogP contribution in [0.1, 0.15) is 5.56 Å². The van der Waals surface area contributed by atoms with Crippen LogP contribution in [0, 0.1) is 11.8 Å². The lowest BCUT2D eigenvalue weighted by atomic mass is 9.77. The lowest BCUT2D eigenvalue weighted by molar-refractivity contribution is -0.136. The van der Waals surface area contributed by atoms with E-state index in [0.717, 1.165) is 11.3 Å². The molecule has 1 aromatic carbocycles. The van der Waals surface area contributed by atoms with Gasteiger partial charge in [-0.25, -0.2) is 0 Å². The number of nitrogens with one attached hydrogen (secondary N) is 1. The molecule has 2 fully saturated rings. The third-order valence-electron chi connectivity index (χ3n) is 5.65. The topological polar surface area (TPSA) is 71.5 Å². The first-order valence-electron chi connectivity index (χ1n) is 9.07. The van der Waals surface area contributed by atoms with Crippen molar-refractivity contribution < 1.29 is 14.3 Å². The van der Waals surface area contributed by atoms with Crippen LogP contribution in [-0.4, -0.2) is 39.9 Å². The number of anilines is 1. The number of ether oxygens (including phenoxy) is 1. The van der Waals surface area contributed by atoms with Crippen LogP contribution in [0.5, 0.6) is 0 Å².